The quantitative estimate of drug-likeness (QED) is 0.646. The van der Waals surface area contributed by atoms with Crippen LogP contribution in [0.15, 0.2) is 12.1 Å². The molecule has 0 saturated heterocycles. The number of hydrogen-bond acceptors (Lipinski definition) is 4. The Morgan fingerprint density at radius 1 is 1.38 bits per heavy atom. The zero-order chi connectivity index (χ0) is 15.2. The molecule has 1 aliphatic rings. The van der Waals surface area contributed by atoms with Crippen molar-refractivity contribution in [3.8, 4) is 0 Å². The second kappa shape index (κ2) is 7.41. The normalized spacial score (nSPS) is 15.8. The van der Waals surface area contributed by atoms with Gasteiger partial charge in [0.2, 0.25) is 0 Å². The number of nitrogens with two attached hydrogens (primary N) is 1. The number of amides is 1. The van der Waals surface area contributed by atoms with Crippen LogP contribution in [0.2, 0.25) is 0 Å². The SMILES string of the molecule is CCCc1cc(C(=O)N(C)C2CCCCC2)cc(NN)n1. The summed E-state index contributed by atoms with van der Waals surface area (Å²) < 4.78 is 0. The summed E-state index contributed by atoms with van der Waals surface area (Å²) >= 11 is 0. The van der Waals surface area contributed by atoms with Gasteiger partial charge in [-0.25, -0.2) is 10.8 Å². The molecule has 116 valence electrons. The minimum Gasteiger partial charge on any atom is -0.339 e. The van der Waals surface area contributed by atoms with Crippen molar-refractivity contribution in [1.29, 1.82) is 0 Å². The number of nitrogen functional groups attached to an aromatic ring is 1. The van der Waals surface area contributed by atoms with Gasteiger partial charge in [0.1, 0.15) is 5.82 Å². The number of hydrazine groups is 1. The smallest absolute Gasteiger partial charge is 0.254 e. The number of carbonyl (C=O) groups excluding carboxylic acids is 1. The lowest BCUT2D eigenvalue weighted by molar-refractivity contribution is 0.0696. The Balaban J connectivity index is 2.18. The lowest BCUT2D eigenvalue weighted by Crippen LogP contribution is -2.38. The fraction of sp³-hybridized carbons (Fsp3) is 0.625. The van der Waals surface area contributed by atoms with Crippen LogP contribution in [0, 0.1) is 0 Å². The maximum atomic E-state index is 12.7. The molecule has 0 radical (unpaired) electrons. The molecule has 1 aromatic rings. The number of hydrogen-bond donors (Lipinski definition) is 2. The van der Waals surface area contributed by atoms with E-state index in [1.54, 1.807) is 6.07 Å². The van der Waals surface area contributed by atoms with Crippen LogP contribution in [0.1, 0.15) is 61.5 Å². The number of aryl methyl sites for hydroxylation is 1. The molecule has 1 aliphatic carbocycles. The number of aromatic nitrogens is 1. The summed E-state index contributed by atoms with van der Waals surface area (Å²) in [5.41, 5.74) is 4.14. The van der Waals surface area contributed by atoms with E-state index < -0.39 is 0 Å². The molecule has 1 amide bonds. The van der Waals surface area contributed by atoms with E-state index in [9.17, 15) is 4.79 Å². The molecule has 5 heteroatoms. The summed E-state index contributed by atoms with van der Waals surface area (Å²) in [6.07, 6.45) is 7.78. The van der Waals surface area contributed by atoms with Crippen molar-refractivity contribution < 1.29 is 4.79 Å². The highest BCUT2D eigenvalue weighted by molar-refractivity contribution is 5.95. The maximum absolute atomic E-state index is 12.7. The van der Waals surface area contributed by atoms with Crippen molar-refractivity contribution in [2.45, 2.75) is 57.9 Å². The van der Waals surface area contributed by atoms with E-state index in [1.165, 1.54) is 19.3 Å². The minimum absolute atomic E-state index is 0.0677. The van der Waals surface area contributed by atoms with Gasteiger partial charge in [0.15, 0.2) is 0 Å². The topological polar surface area (TPSA) is 71.2 Å². The van der Waals surface area contributed by atoms with Crippen LogP contribution < -0.4 is 11.3 Å². The average Bonchev–Trinajstić information content (AvgIpc) is 2.54. The monoisotopic (exact) mass is 290 g/mol. The molecule has 0 atom stereocenters. The highest BCUT2D eigenvalue weighted by Gasteiger charge is 2.23. The Morgan fingerprint density at radius 2 is 2.10 bits per heavy atom. The van der Waals surface area contributed by atoms with Crippen LogP contribution in [0.4, 0.5) is 5.82 Å². The van der Waals surface area contributed by atoms with Gasteiger partial charge in [-0.3, -0.25) is 4.79 Å². The molecule has 5 nitrogen and oxygen atoms in total. The Bertz CT molecular complexity index is 483. The average molecular weight is 290 g/mol. The van der Waals surface area contributed by atoms with Gasteiger partial charge >= 0.3 is 0 Å². The van der Waals surface area contributed by atoms with Crippen molar-refractivity contribution in [1.82, 2.24) is 9.88 Å². The lowest BCUT2D eigenvalue weighted by Gasteiger charge is -2.31. The highest BCUT2D eigenvalue weighted by Crippen LogP contribution is 2.23. The third-order valence-electron chi connectivity index (χ3n) is 4.22. The van der Waals surface area contributed by atoms with E-state index in [1.807, 2.05) is 18.0 Å². The maximum Gasteiger partial charge on any atom is 0.254 e. The van der Waals surface area contributed by atoms with Gasteiger partial charge in [-0.15, -0.1) is 0 Å². The molecule has 21 heavy (non-hydrogen) atoms. The van der Waals surface area contributed by atoms with Gasteiger partial charge < -0.3 is 10.3 Å². The minimum atomic E-state index is 0.0677. The van der Waals surface area contributed by atoms with Crippen molar-refractivity contribution >= 4 is 11.7 Å². The van der Waals surface area contributed by atoms with Crippen LogP contribution in [0.25, 0.3) is 0 Å². The molecule has 0 aliphatic heterocycles. The second-order valence-corrected chi connectivity index (χ2v) is 5.83. The van der Waals surface area contributed by atoms with E-state index in [0.29, 0.717) is 17.4 Å². The molecule has 1 heterocycles. The van der Waals surface area contributed by atoms with Crippen LogP contribution in [-0.4, -0.2) is 28.9 Å². The first-order chi connectivity index (χ1) is 10.2. The largest absolute Gasteiger partial charge is 0.339 e. The van der Waals surface area contributed by atoms with Gasteiger partial charge in [-0.05, 0) is 31.4 Å². The van der Waals surface area contributed by atoms with Gasteiger partial charge in [0.25, 0.3) is 5.91 Å². The lowest BCUT2D eigenvalue weighted by atomic mass is 9.94. The molecule has 0 aromatic carbocycles. The molecule has 0 unspecified atom stereocenters. The van der Waals surface area contributed by atoms with E-state index in [-0.39, 0.29) is 5.91 Å². The summed E-state index contributed by atoms with van der Waals surface area (Å²) in [6, 6.07) is 4.00. The fourth-order valence-corrected chi connectivity index (χ4v) is 3.01. The number of carbonyl (C=O) groups is 1. The first-order valence-corrected chi connectivity index (χ1v) is 7.90. The summed E-state index contributed by atoms with van der Waals surface area (Å²) in [5, 5.41) is 0. The van der Waals surface area contributed by atoms with Crippen molar-refractivity contribution in [3.63, 3.8) is 0 Å². The van der Waals surface area contributed by atoms with Crippen molar-refractivity contribution in [2.75, 3.05) is 12.5 Å². The number of rotatable bonds is 5. The Kier molecular flexibility index (Phi) is 5.56. The van der Waals surface area contributed by atoms with Gasteiger partial charge in [-0.1, -0.05) is 32.6 Å². The molecule has 0 bridgehead atoms. The predicted octanol–water partition coefficient (Wildman–Crippen LogP) is 2.72. The standard InChI is InChI=1S/C16H26N4O/c1-3-7-13-10-12(11-15(18-13)19-17)16(21)20(2)14-8-5-4-6-9-14/h10-11,14H,3-9,17H2,1-2H3,(H,18,19). The molecule has 3 N–H and O–H groups in total. The van der Waals surface area contributed by atoms with E-state index in [0.717, 1.165) is 31.4 Å². The zero-order valence-corrected chi connectivity index (χ0v) is 13.1. The molecule has 0 spiro atoms. The summed E-state index contributed by atoms with van der Waals surface area (Å²) in [7, 11) is 1.91. The second-order valence-electron chi connectivity index (χ2n) is 5.83. The number of anilines is 1. The molecule has 2 rings (SSSR count). The summed E-state index contributed by atoms with van der Waals surface area (Å²) in [5.74, 6) is 6.09. The third-order valence-corrected chi connectivity index (χ3v) is 4.22. The predicted molar refractivity (Wildman–Crippen MR) is 85.0 cm³/mol. The zero-order valence-electron chi connectivity index (χ0n) is 13.1. The Morgan fingerprint density at radius 3 is 2.71 bits per heavy atom. The first kappa shape index (κ1) is 15.8. The summed E-state index contributed by atoms with van der Waals surface area (Å²) in [6.45, 7) is 2.10. The Hall–Kier alpha value is -1.62. The van der Waals surface area contributed by atoms with Crippen molar-refractivity contribution in [2.24, 2.45) is 5.84 Å². The molecule has 1 aromatic heterocycles. The van der Waals surface area contributed by atoms with E-state index >= 15 is 0 Å². The molecule has 1 fully saturated rings. The van der Waals surface area contributed by atoms with Crippen LogP contribution in [0.5, 0.6) is 0 Å². The van der Waals surface area contributed by atoms with Crippen LogP contribution in [0.3, 0.4) is 0 Å². The third kappa shape index (κ3) is 3.94. The number of pyridine rings is 1. The van der Waals surface area contributed by atoms with Crippen LogP contribution in [-0.2, 0) is 6.42 Å². The number of nitrogens with one attached hydrogen (secondary N) is 1. The number of nitrogens with zero attached hydrogens (tertiary/aromatic N) is 2. The van der Waals surface area contributed by atoms with Crippen LogP contribution >= 0.6 is 0 Å². The van der Waals surface area contributed by atoms with Gasteiger partial charge in [0, 0.05) is 24.3 Å². The van der Waals surface area contributed by atoms with Gasteiger partial charge in [0.05, 0.1) is 0 Å². The van der Waals surface area contributed by atoms with Gasteiger partial charge in [-0.2, -0.15) is 0 Å². The summed E-state index contributed by atoms with van der Waals surface area (Å²) in [4.78, 5) is 19.0. The van der Waals surface area contributed by atoms with E-state index in [2.05, 4.69) is 17.3 Å². The highest BCUT2D eigenvalue weighted by atomic mass is 16.2. The Labute approximate surface area is 126 Å². The molecule has 1 saturated carbocycles. The van der Waals surface area contributed by atoms with Crippen molar-refractivity contribution in [3.05, 3.63) is 23.4 Å². The first-order valence-electron chi connectivity index (χ1n) is 7.90. The fourth-order valence-electron chi connectivity index (χ4n) is 3.01. The molecular weight excluding hydrogens is 264 g/mol. The molecular formula is C16H26N4O. The van der Waals surface area contributed by atoms with E-state index in [4.69, 9.17) is 5.84 Å².